The summed E-state index contributed by atoms with van der Waals surface area (Å²) in [5, 5.41) is 16.2. The molecule has 0 aliphatic heterocycles. The van der Waals surface area contributed by atoms with Crippen molar-refractivity contribution in [2.24, 2.45) is 7.05 Å². The van der Waals surface area contributed by atoms with Crippen LogP contribution in [0.1, 0.15) is 26.7 Å². The normalized spacial score (nSPS) is 15.6. The summed E-state index contributed by atoms with van der Waals surface area (Å²) >= 11 is 3.06. The van der Waals surface area contributed by atoms with Gasteiger partial charge in [-0.1, -0.05) is 12.1 Å². The highest BCUT2D eigenvalue weighted by atomic mass is 79.9. The van der Waals surface area contributed by atoms with E-state index in [0.717, 1.165) is 0 Å². The molecule has 18 heavy (non-hydrogen) atoms. The Bertz CT molecular complexity index is 496. The van der Waals surface area contributed by atoms with Crippen molar-refractivity contribution in [2.75, 3.05) is 6.61 Å². The maximum atomic E-state index is 12.3. The minimum atomic E-state index is -3.74. The largest absolute Gasteiger partial charge is 0.396 e. The van der Waals surface area contributed by atoms with Crippen LogP contribution >= 0.6 is 15.9 Å². The number of sulfonamides is 1. The Balaban J connectivity index is 3.09. The maximum absolute atomic E-state index is 12.3. The average molecular weight is 341 g/mol. The first-order valence-electron chi connectivity index (χ1n) is 5.46. The Morgan fingerprint density at radius 3 is 2.56 bits per heavy atom. The van der Waals surface area contributed by atoms with Gasteiger partial charge < -0.3 is 5.11 Å². The Kier molecular flexibility index (Phi) is 4.87. The minimum absolute atomic E-state index is 0.0277. The predicted octanol–water partition coefficient (Wildman–Crippen LogP) is 0.407. The number of aliphatic hydroxyl groups excluding tert-OH is 1. The van der Waals surface area contributed by atoms with Gasteiger partial charge in [0, 0.05) is 19.2 Å². The van der Waals surface area contributed by atoms with E-state index in [4.69, 9.17) is 5.11 Å². The van der Waals surface area contributed by atoms with Crippen LogP contribution < -0.4 is 4.72 Å². The summed E-state index contributed by atoms with van der Waals surface area (Å²) in [5.74, 6) is 0. The number of aliphatic hydroxyl groups is 1. The molecule has 0 aliphatic carbocycles. The fourth-order valence-electron chi connectivity index (χ4n) is 1.53. The molecule has 0 bridgehead atoms. The molecule has 1 unspecified atom stereocenters. The van der Waals surface area contributed by atoms with Crippen LogP contribution in [0.5, 0.6) is 0 Å². The van der Waals surface area contributed by atoms with Crippen molar-refractivity contribution in [1.29, 1.82) is 0 Å². The first-order chi connectivity index (χ1) is 8.25. The van der Waals surface area contributed by atoms with Crippen LogP contribution in [0.15, 0.2) is 9.63 Å². The lowest BCUT2D eigenvalue weighted by Gasteiger charge is -2.28. The minimum Gasteiger partial charge on any atom is -0.396 e. The molecule has 1 aromatic heterocycles. The second-order valence-electron chi connectivity index (χ2n) is 4.30. The summed E-state index contributed by atoms with van der Waals surface area (Å²) < 4.78 is 28.5. The molecule has 0 spiro atoms. The monoisotopic (exact) mass is 340 g/mol. The quantitative estimate of drug-likeness (QED) is 0.781. The van der Waals surface area contributed by atoms with Crippen molar-refractivity contribution in [3.8, 4) is 0 Å². The number of rotatable bonds is 6. The number of aromatic nitrogens is 3. The first-order valence-corrected chi connectivity index (χ1v) is 7.73. The van der Waals surface area contributed by atoms with E-state index in [-0.39, 0.29) is 16.2 Å². The van der Waals surface area contributed by atoms with E-state index in [1.165, 1.54) is 11.7 Å². The van der Waals surface area contributed by atoms with Crippen LogP contribution in [0, 0.1) is 0 Å². The fraction of sp³-hybridized carbons (Fsp3) is 0.778. The third-order valence-corrected chi connectivity index (χ3v) is 5.34. The van der Waals surface area contributed by atoms with Crippen LogP contribution in [0.4, 0.5) is 0 Å². The molecular weight excluding hydrogens is 324 g/mol. The molecule has 7 nitrogen and oxygen atoms in total. The number of halogens is 1. The van der Waals surface area contributed by atoms with Crippen LogP contribution in [0.3, 0.4) is 0 Å². The van der Waals surface area contributed by atoms with E-state index < -0.39 is 15.6 Å². The van der Waals surface area contributed by atoms with Crippen molar-refractivity contribution >= 4 is 26.0 Å². The van der Waals surface area contributed by atoms with Gasteiger partial charge in [-0.2, -0.15) is 0 Å². The number of nitrogens with one attached hydrogen (secondary N) is 1. The van der Waals surface area contributed by atoms with E-state index in [0.29, 0.717) is 12.8 Å². The molecule has 1 aromatic rings. The van der Waals surface area contributed by atoms with Gasteiger partial charge in [0.1, 0.15) is 0 Å². The third kappa shape index (κ3) is 3.28. The zero-order valence-corrected chi connectivity index (χ0v) is 12.9. The van der Waals surface area contributed by atoms with Crippen molar-refractivity contribution < 1.29 is 13.5 Å². The van der Waals surface area contributed by atoms with Gasteiger partial charge in [0.25, 0.3) is 10.0 Å². The topological polar surface area (TPSA) is 97.1 Å². The Hall–Kier alpha value is -0.510. The van der Waals surface area contributed by atoms with Crippen molar-refractivity contribution in [3.63, 3.8) is 0 Å². The molecular formula is C9H17BrN4O3S. The smallest absolute Gasteiger partial charge is 0.261 e. The van der Waals surface area contributed by atoms with E-state index in [1.54, 1.807) is 6.92 Å². The summed E-state index contributed by atoms with van der Waals surface area (Å²) in [6.07, 6.45) is 0.904. The second-order valence-corrected chi connectivity index (χ2v) is 6.65. The van der Waals surface area contributed by atoms with E-state index in [2.05, 4.69) is 31.0 Å². The molecule has 0 aliphatic rings. The standard InChI is InChI=1S/C9H17BrN4O3S/c1-4-9(2,5-6-15)12-18(16,17)8-7(10)11-13-14(8)3/h12,15H,4-6H2,1-3H3. The zero-order valence-electron chi connectivity index (χ0n) is 10.5. The van der Waals surface area contributed by atoms with Gasteiger partial charge in [0.15, 0.2) is 4.60 Å². The number of hydrogen-bond donors (Lipinski definition) is 2. The Labute approximate surface area is 115 Å². The Morgan fingerprint density at radius 2 is 2.17 bits per heavy atom. The number of hydrogen-bond acceptors (Lipinski definition) is 5. The SMILES string of the molecule is CCC(C)(CCO)NS(=O)(=O)c1c(Br)nnn1C. The van der Waals surface area contributed by atoms with Gasteiger partial charge in [-0.3, -0.25) is 0 Å². The van der Waals surface area contributed by atoms with Crippen LogP contribution in [0.2, 0.25) is 0 Å². The summed E-state index contributed by atoms with van der Waals surface area (Å²) in [6, 6.07) is 0. The molecule has 2 N–H and O–H groups in total. The molecule has 0 amide bonds. The van der Waals surface area contributed by atoms with Crippen molar-refractivity contribution in [3.05, 3.63) is 4.60 Å². The highest BCUT2D eigenvalue weighted by Gasteiger charge is 2.32. The van der Waals surface area contributed by atoms with Crippen molar-refractivity contribution in [2.45, 2.75) is 37.3 Å². The lowest BCUT2D eigenvalue weighted by atomic mass is 9.97. The van der Waals surface area contributed by atoms with Gasteiger partial charge in [-0.25, -0.2) is 17.8 Å². The van der Waals surface area contributed by atoms with E-state index in [1.807, 2.05) is 6.92 Å². The van der Waals surface area contributed by atoms with E-state index in [9.17, 15) is 8.42 Å². The van der Waals surface area contributed by atoms with Gasteiger partial charge in [-0.15, -0.1) is 5.10 Å². The molecule has 1 atom stereocenters. The molecule has 0 aromatic carbocycles. The fourth-order valence-corrected chi connectivity index (χ4v) is 4.13. The summed E-state index contributed by atoms with van der Waals surface area (Å²) in [4.78, 5) is 0. The lowest BCUT2D eigenvalue weighted by molar-refractivity contribution is 0.233. The summed E-state index contributed by atoms with van der Waals surface area (Å²) in [7, 11) is -2.24. The van der Waals surface area contributed by atoms with Crippen LogP contribution in [0.25, 0.3) is 0 Å². The highest BCUT2D eigenvalue weighted by molar-refractivity contribution is 9.10. The molecule has 1 heterocycles. The zero-order chi connectivity index (χ0) is 14.0. The predicted molar refractivity (Wildman–Crippen MR) is 69.4 cm³/mol. The molecule has 1 rings (SSSR count). The highest BCUT2D eigenvalue weighted by Crippen LogP contribution is 2.22. The van der Waals surface area contributed by atoms with Gasteiger partial charge in [-0.05, 0) is 35.7 Å². The molecule has 0 saturated heterocycles. The molecule has 104 valence electrons. The number of aryl methyl sites for hydroxylation is 1. The van der Waals surface area contributed by atoms with Gasteiger partial charge >= 0.3 is 0 Å². The van der Waals surface area contributed by atoms with E-state index >= 15 is 0 Å². The summed E-state index contributed by atoms with van der Waals surface area (Å²) in [5.41, 5.74) is -0.697. The molecule has 0 saturated carbocycles. The lowest BCUT2D eigenvalue weighted by Crippen LogP contribution is -2.46. The molecule has 9 heteroatoms. The van der Waals surface area contributed by atoms with Crippen LogP contribution in [-0.2, 0) is 17.1 Å². The second kappa shape index (κ2) is 5.64. The van der Waals surface area contributed by atoms with Gasteiger partial charge in [0.05, 0.1) is 0 Å². The Morgan fingerprint density at radius 1 is 1.56 bits per heavy atom. The average Bonchev–Trinajstić information content (AvgIpc) is 2.58. The van der Waals surface area contributed by atoms with Gasteiger partial charge in [0.2, 0.25) is 5.03 Å². The molecule has 0 radical (unpaired) electrons. The summed E-state index contributed by atoms with van der Waals surface area (Å²) in [6.45, 7) is 3.52. The third-order valence-electron chi connectivity index (χ3n) is 2.82. The maximum Gasteiger partial charge on any atom is 0.261 e. The van der Waals surface area contributed by atoms with Crippen LogP contribution in [-0.4, -0.2) is 40.7 Å². The number of nitrogens with zero attached hydrogens (tertiary/aromatic N) is 3. The first kappa shape index (κ1) is 15.5. The molecule has 0 fully saturated rings. The van der Waals surface area contributed by atoms with Crippen molar-refractivity contribution in [1.82, 2.24) is 19.7 Å².